The largest absolute Gasteiger partial charge is 0.469 e. The van der Waals surface area contributed by atoms with Gasteiger partial charge >= 0.3 is 5.97 Å². The summed E-state index contributed by atoms with van der Waals surface area (Å²) in [6.07, 6.45) is 2.80. The SMILES string of the molecule is C=C(Br)CC1(C(=O)OC)CCCC(=O)C1. The van der Waals surface area contributed by atoms with Gasteiger partial charge in [-0.25, -0.2) is 0 Å². The Morgan fingerprint density at radius 2 is 2.33 bits per heavy atom. The fraction of sp³-hybridized carbons (Fsp3) is 0.636. The molecule has 0 spiro atoms. The third-order valence-electron chi connectivity index (χ3n) is 2.80. The molecule has 1 saturated carbocycles. The van der Waals surface area contributed by atoms with Gasteiger partial charge in [0.25, 0.3) is 0 Å². The van der Waals surface area contributed by atoms with Crippen molar-refractivity contribution in [3.63, 3.8) is 0 Å². The molecule has 4 heteroatoms. The molecule has 1 aliphatic rings. The molecule has 1 unspecified atom stereocenters. The Kier molecular flexibility index (Phi) is 4.08. The van der Waals surface area contributed by atoms with E-state index in [4.69, 9.17) is 4.74 Å². The van der Waals surface area contributed by atoms with Gasteiger partial charge in [-0.15, -0.1) is 0 Å². The van der Waals surface area contributed by atoms with E-state index in [0.29, 0.717) is 19.3 Å². The van der Waals surface area contributed by atoms with Crippen LogP contribution in [0.25, 0.3) is 0 Å². The van der Waals surface area contributed by atoms with Gasteiger partial charge in [0.15, 0.2) is 0 Å². The van der Waals surface area contributed by atoms with Gasteiger partial charge in [-0.1, -0.05) is 22.5 Å². The topological polar surface area (TPSA) is 43.4 Å². The van der Waals surface area contributed by atoms with Gasteiger partial charge < -0.3 is 4.74 Å². The zero-order valence-corrected chi connectivity index (χ0v) is 10.4. The molecule has 0 saturated heterocycles. The lowest BCUT2D eigenvalue weighted by atomic mass is 9.71. The summed E-state index contributed by atoms with van der Waals surface area (Å²) in [6.45, 7) is 3.73. The lowest BCUT2D eigenvalue weighted by Gasteiger charge is -2.33. The van der Waals surface area contributed by atoms with Crippen molar-refractivity contribution < 1.29 is 14.3 Å². The highest BCUT2D eigenvalue weighted by Crippen LogP contribution is 2.41. The third-order valence-corrected chi connectivity index (χ3v) is 3.08. The molecule has 1 atom stereocenters. The fourth-order valence-corrected chi connectivity index (χ4v) is 2.70. The first-order valence-corrected chi connectivity index (χ1v) is 5.73. The van der Waals surface area contributed by atoms with Gasteiger partial charge in [0.1, 0.15) is 5.78 Å². The number of carbonyl (C=O) groups excluding carboxylic acids is 2. The van der Waals surface area contributed by atoms with E-state index in [9.17, 15) is 9.59 Å². The Morgan fingerprint density at radius 1 is 1.67 bits per heavy atom. The van der Waals surface area contributed by atoms with Crippen LogP contribution < -0.4 is 0 Å². The molecule has 84 valence electrons. The van der Waals surface area contributed by atoms with Crippen molar-refractivity contribution in [3.05, 3.63) is 11.1 Å². The molecular weight excluding hydrogens is 260 g/mol. The van der Waals surface area contributed by atoms with Crippen LogP contribution in [0.1, 0.15) is 32.1 Å². The van der Waals surface area contributed by atoms with Crippen molar-refractivity contribution in [3.8, 4) is 0 Å². The quantitative estimate of drug-likeness (QED) is 0.743. The average Bonchev–Trinajstić information content (AvgIpc) is 2.15. The van der Waals surface area contributed by atoms with Crippen molar-refractivity contribution >= 4 is 27.7 Å². The minimum atomic E-state index is -0.676. The zero-order valence-electron chi connectivity index (χ0n) is 8.85. The molecule has 1 rings (SSSR count). The van der Waals surface area contributed by atoms with Crippen molar-refractivity contribution in [1.82, 2.24) is 0 Å². The first kappa shape index (κ1) is 12.4. The first-order valence-electron chi connectivity index (χ1n) is 4.93. The number of hydrogen-bond acceptors (Lipinski definition) is 3. The molecule has 1 aliphatic carbocycles. The summed E-state index contributed by atoms with van der Waals surface area (Å²) in [5.74, 6) is -0.156. The predicted molar refractivity (Wildman–Crippen MR) is 60.6 cm³/mol. The van der Waals surface area contributed by atoms with Crippen molar-refractivity contribution in [1.29, 1.82) is 0 Å². The van der Waals surface area contributed by atoms with Crippen molar-refractivity contribution in [2.75, 3.05) is 7.11 Å². The normalized spacial score (nSPS) is 26.1. The van der Waals surface area contributed by atoms with E-state index in [1.165, 1.54) is 7.11 Å². The molecule has 1 fully saturated rings. The first-order chi connectivity index (χ1) is 7.00. The minimum Gasteiger partial charge on any atom is -0.469 e. The monoisotopic (exact) mass is 274 g/mol. The molecule has 0 aliphatic heterocycles. The molecule has 0 aromatic carbocycles. The highest BCUT2D eigenvalue weighted by Gasteiger charge is 2.43. The van der Waals surface area contributed by atoms with Crippen LogP contribution in [0.3, 0.4) is 0 Å². The fourth-order valence-electron chi connectivity index (χ4n) is 2.16. The summed E-state index contributed by atoms with van der Waals surface area (Å²) in [4.78, 5) is 23.2. The van der Waals surface area contributed by atoms with Gasteiger partial charge in [-0.3, -0.25) is 9.59 Å². The second kappa shape index (κ2) is 4.92. The number of esters is 1. The second-order valence-electron chi connectivity index (χ2n) is 4.03. The van der Waals surface area contributed by atoms with Crippen LogP contribution in [-0.2, 0) is 14.3 Å². The van der Waals surface area contributed by atoms with Crippen LogP contribution in [-0.4, -0.2) is 18.9 Å². The molecule has 0 radical (unpaired) electrons. The van der Waals surface area contributed by atoms with Crippen LogP contribution in [0.2, 0.25) is 0 Å². The number of rotatable bonds is 3. The maximum atomic E-state index is 11.7. The number of ketones is 1. The van der Waals surface area contributed by atoms with Gasteiger partial charge in [-0.2, -0.15) is 0 Å². The molecule has 0 N–H and O–H groups in total. The van der Waals surface area contributed by atoms with E-state index in [0.717, 1.165) is 10.9 Å². The number of Topliss-reactive ketones (excluding diaryl/α,β-unsaturated/α-hetero) is 1. The maximum Gasteiger partial charge on any atom is 0.312 e. The van der Waals surface area contributed by atoms with Gasteiger partial charge in [0, 0.05) is 12.8 Å². The Bertz CT molecular complexity index is 294. The van der Waals surface area contributed by atoms with E-state index in [-0.39, 0.29) is 18.2 Å². The highest BCUT2D eigenvalue weighted by atomic mass is 79.9. The molecule has 0 bridgehead atoms. The number of methoxy groups -OCH3 is 1. The molecule has 15 heavy (non-hydrogen) atoms. The number of halogens is 1. The standard InChI is InChI=1S/C11H15BrO3/c1-8(12)6-11(10(14)15-2)5-3-4-9(13)7-11/h1,3-7H2,2H3. The van der Waals surface area contributed by atoms with Crippen LogP contribution in [0.15, 0.2) is 11.1 Å². The Balaban J connectivity index is 2.89. The summed E-state index contributed by atoms with van der Waals surface area (Å²) in [5, 5.41) is 0. The number of carbonyl (C=O) groups is 2. The van der Waals surface area contributed by atoms with Crippen LogP contribution >= 0.6 is 15.9 Å². The molecule has 3 nitrogen and oxygen atoms in total. The lowest BCUT2D eigenvalue weighted by molar-refractivity contribution is -0.157. The van der Waals surface area contributed by atoms with E-state index in [1.807, 2.05) is 0 Å². The maximum absolute atomic E-state index is 11.7. The van der Waals surface area contributed by atoms with E-state index >= 15 is 0 Å². The van der Waals surface area contributed by atoms with Gasteiger partial charge in [-0.05, 0) is 23.7 Å². The van der Waals surface area contributed by atoms with Gasteiger partial charge in [0.05, 0.1) is 12.5 Å². The molecule has 0 aromatic rings. The summed E-state index contributed by atoms with van der Waals surface area (Å²) in [6, 6.07) is 0. The van der Waals surface area contributed by atoms with E-state index < -0.39 is 5.41 Å². The molecule has 0 heterocycles. The Hall–Kier alpha value is -0.640. The van der Waals surface area contributed by atoms with Gasteiger partial charge in [0.2, 0.25) is 0 Å². The molecule has 0 aromatic heterocycles. The number of hydrogen-bond donors (Lipinski definition) is 0. The van der Waals surface area contributed by atoms with Crippen LogP contribution in [0, 0.1) is 5.41 Å². The lowest BCUT2D eigenvalue weighted by Crippen LogP contribution is -2.37. The summed E-state index contributed by atoms with van der Waals surface area (Å²) < 4.78 is 5.53. The van der Waals surface area contributed by atoms with E-state index in [1.54, 1.807) is 0 Å². The summed E-state index contributed by atoms with van der Waals surface area (Å²) in [7, 11) is 1.36. The zero-order chi connectivity index (χ0) is 11.5. The average molecular weight is 275 g/mol. The summed E-state index contributed by atoms with van der Waals surface area (Å²) >= 11 is 3.25. The Morgan fingerprint density at radius 3 is 2.80 bits per heavy atom. The van der Waals surface area contributed by atoms with E-state index in [2.05, 4.69) is 22.5 Å². The van der Waals surface area contributed by atoms with Crippen molar-refractivity contribution in [2.24, 2.45) is 5.41 Å². The smallest absolute Gasteiger partial charge is 0.312 e. The predicted octanol–water partition coefficient (Wildman–Crippen LogP) is 2.59. The third kappa shape index (κ3) is 2.91. The number of allylic oxidation sites excluding steroid dienone is 1. The Labute approximate surface area is 98.0 Å². The molecule has 0 amide bonds. The second-order valence-corrected chi connectivity index (χ2v) is 5.16. The van der Waals surface area contributed by atoms with Crippen molar-refractivity contribution in [2.45, 2.75) is 32.1 Å². The number of ether oxygens (including phenoxy) is 1. The van der Waals surface area contributed by atoms with Crippen LogP contribution in [0.5, 0.6) is 0 Å². The van der Waals surface area contributed by atoms with Crippen LogP contribution in [0.4, 0.5) is 0 Å². The summed E-state index contributed by atoms with van der Waals surface area (Å²) in [5.41, 5.74) is -0.676. The molecular formula is C11H15BrO3. The minimum absolute atomic E-state index is 0.139. The highest BCUT2D eigenvalue weighted by molar-refractivity contribution is 9.11.